The smallest absolute Gasteiger partial charge is 0.410 e. The quantitative estimate of drug-likeness (QED) is 0.580. The van der Waals surface area contributed by atoms with Crippen molar-refractivity contribution < 1.29 is 23.8 Å². The predicted molar refractivity (Wildman–Crippen MR) is 104 cm³/mol. The largest absolute Gasteiger partial charge is 0.493 e. The molecular weight excluding hydrogens is 362 g/mol. The van der Waals surface area contributed by atoms with Crippen molar-refractivity contribution in [2.24, 2.45) is 0 Å². The monoisotopic (exact) mass is 391 g/mol. The lowest BCUT2D eigenvalue weighted by Gasteiger charge is -2.42. The molecule has 0 aliphatic carbocycles. The van der Waals surface area contributed by atoms with E-state index in [1.807, 2.05) is 20.8 Å². The molecule has 1 aromatic rings. The van der Waals surface area contributed by atoms with Crippen molar-refractivity contribution in [3.05, 3.63) is 23.3 Å². The molecule has 1 saturated heterocycles. The molecule has 2 N–H and O–H groups in total. The van der Waals surface area contributed by atoms with Gasteiger partial charge in [0.25, 0.3) is 0 Å². The molecule has 2 heterocycles. The summed E-state index contributed by atoms with van der Waals surface area (Å²) in [5.74, 6) is 0.178. The van der Waals surface area contributed by atoms with Crippen LogP contribution in [0.1, 0.15) is 43.1 Å². The number of benzene rings is 1. The maximum atomic E-state index is 12.4. The molecule has 1 aromatic carbocycles. The Morgan fingerprint density at radius 2 is 2.00 bits per heavy atom. The van der Waals surface area contributed by atoms with Gasteiger partial charge in [0.05, 0.1) is 19.3 Å². The first-order valence-corrected chi connectivity index (χ1v) is 9.53. The van der Waals surface area contributed by atoms with E-state index in [1.54, 1.807) is 17.0 Å². The van der Waals surface area contributed by atoms with Gasteiger partial charge in [-0.25, -0.2) is 9.59 Å². The van der Waals surface area contributed by atoms with Gasteiger partial charge in [-0.1, -0.05) is 0 Å². The highest BCUT2D eigenvalue weighted by Crippen LogP contribution is 2.31. The summed E-state index contributed by atoms with van der Waals surface area (Å²) >= 11 is 0. The number of rotatable bonds is 1. The number of nitrogens with zero attached hydrogens (tertiary/aromatic N) is 2. The molecule has 8 heteroatoms. The molecule has 0 aromatic heterocycles. The fourth-order valence-corrected chi connectivity index (χ4v) is 3.58. The molecule has 0 saturated carbocycles. The highest BCUT2D eigenvalue weighted by atomic mass is 16.6. The molecule has 1 atom stereocenters. The zero-order valence-electron chi connectivity index (χ0n) is 17.0. The molecule has 8 nitrogen and oxygen atoms in total. The number of carbonyl (C=O) groups excluding carboxylic acids is 2. The minimum absolute atomic E-state index is 0.177. The first-order valence-electron chi connectivity index (χ1n) is 9.53. The van der Waals surface area contributed by atoms with Gasteiger partial charge >= 0.3 is 12.1 Å². The lowest BCUT2D eigenvalue weighted by atomic mass is 10.0. The highest BCUT2D eigenvalue weighted by Gasteiger charge is 2.33. The molecule has 1 unspecified atom stereocenters. The SMILES string of the molecule is COC(=O)c1cc2c(cc1N)CN1CCN(C(=O)OC(C)(C)C)CC1CCO2. The van der Waals surface area contributed by atoms with Crippen LogP contribution in [-0.2, 0) is 16.0 Å². The van der Waals surface area contributed by atoms with Gasteiger partial charge < -0.3 is 24.8 Å². The van der Waals surface area contributed by atoms with Crippen molar-refractivity contribution >= 4 is 17.7 Å². The molecule has 2 aliphatic rings. The molecular formula is C20H29N3O5. The van der Waals surface area contributed by atoms with E-state index in [0.717, 1.165) is 18.5 Å². The van der Waals surface area contributed by atoms with Crippen molar-refractivity contribution in [3.8, 4) is 5.75 Å². The molecule has 2 aliphatic heterocycles. The maximum absolute atomic E-state index is 12.4. The molecule has 0 bridgehead atoms. The number of hydrogen-bond acceptors (Lipinski definition) is 7. The minimum Gasteiger partial charge on any atom is -0.493 e. The fraction of sp³-hybridized carbons (Fsp3) is 0.600. The van der Waals surface area contributed by atoms with Crippen LogP contribution in [0.15, 0.2) is 12.1 Å². The zero-order chi connectivity index (χ0) is 20.5. The lowest BCUT2D eigenvalue weighted by Crippen LogP contribution is -2.55. The summed E-state index contributed by atoms with van der Waals surface area (Å²) in [7, 11) is 1.33. The van der Waals surface area contributed by atoms with Crippen LogP contribution in [0.5, 0.6) is 5.75 Å². The Kier molecular flexibility index (Phi) is 5.69. The van der Waals surface area contributed by atoms with Gasteiger partial charge in [-0.15, -0.1) is 0 Å². The van der Waals surface area contributed by atoms with E-state index in [1.165, 1.54) is 7.11 Å². The number of amides is 1. The number of carbonyl (C=O) groups is 2. The van der Waals surface area contributed by atoms with E-state index in [-0.39, 0.29) is 12.1 Å². The summed E-state index contributed by atoms with van der Waals surface area (Å²) in [4.78, 5) is 28.4. The lowest BCUT2D eigenvalue weighted by molar-refractivity contribution is -0.00193. The van der Waals surface area contributed by atoms with Crippen LogP contribution in [0, 0.1) is 0 Å². The van der Waals surface area contributed by atoms with Gasteiger partial charge in [0.1, 0.15) is 11.4 Å². The Balaban J connectivity index is 1.74. The molecule has 154 valence electrons. The van der Waals surface area contributed by atoms with Gasteiger partial charge in [-0.3, -0.25) is 4.90 Å². The van der Waals surface area contributed by atoms with Crippen molar-refractivity contribution in [2.75, 3.05) is 39.1 Å². The Bertz CT molecular complexity index is 759. The first-order chi connectivity index (χ1) is 13.2. The minimum atomic E-state index is -0.508. The third-order valence-electron chi connectivity index (χ3n) is 4.98. The number of piperazine rings is 1. The second-order valence-corrected chi connectivity index (χ2v) is 8.23. The van der Waals surface area contributed by atoms with E-state index in [4.69, 9.17) is 19.9 Å². The molecule has 1 amide bonds. The summed E-state index contributed by atoms with van der Waals surface area (Å²) in [5.41, 5.74) is 7.17. The summed E-state index contributed by atoms with van der Waals surface area (Å²) in [6.45, 7) is 8.69. The molecule has 28 heavy (non-hydrogen) atoms. The van der Waals surface area contributed by atoms with E-state index in [0.29, 0.717) is 43.2 Å². The number of methoxy groups -OCH3 is 1. The van der Waals surface area contributed by atoms with Crippen LogP contribution in [0.2, 0.25) is 0 Å². The van der Waals surface area contributed by atoms with Crippen LogP contribution < -0.4 is 10.5 Å². The Morgan fingerprint density at radius 1 is 1.25 bits per heavy atom. The van der Waals surface area contributed by atoms with Gasteiger partial charge in [-0.2, -0.15) is 0 Å². The first kappa shape index (κ1) is 20.3. The van der Waals surface area contributed by atoms with Gasteiger partial charge in [0.15, 0.2) is 0 Å². The Labute approximate surface area is 165 Å². The molecule has 0 spiro atoms. The van der Waals surface area contributed by atoms with Crippen LogP contribution >= 0.6 is 0 Å². The third kappa shape index (κ3) is 4.49. The second kappa shape index (κ2) is 7.87. The van der Waals surface area contributed by atoms with Gasteiger partial charge in [0.2, 0.25) is 0 Å². The van der Waals surface area contributed by atoms with Gasteiger partial charge in [-0.05, 0) is 39.3 Å². The van der Waals surface area contributed by atoms with E-state index < -0.39 is 11.6 Å². The van der Waals surface area contributed by atoms with Crippen molar-refractivity contribution in [1.29, 1.82) is 0 Å². The normalized spacial score (nSPS) is 20.1. The second-order valence-electron chi connectivity index (χ2n) is 8.23. The van der Waals surface area contributed by atoms with Crippen molar-refractivity contribution in [2.45, 2.75) is 45.4 Å². The van der Waals surface area contributed by atoms with Crippen LogP contribution in [0.3, 0.4) is 0 Å². The number of hydrogen-bond donors (Lipinski definition) is 1. The van der Waals surface area contributed by atoms with Crippen molar-refractivity contribution in [1.82, 2.24) is 9.80 Å². The summed E-state index contributed by atoms with van der Waals surface area (Å²) < 4.78 is 16.2. The summed E-state index contributed by atoms with van der Waals surface area (Å²) in [6, 6.07) is 3.62. The number of anilines is 1. The van der Waals surface area contributed by atoms with E-state index in [2.05, 4.69) is 4.90 Å². The van der Waals surface area contributed by atoms with Crippen LogP contribution in [-0.4, -0.2) is 66.9 Å². The topological polar surface area (TPSA) is 94.3 Å². The standard InChI is InChI=1S/C20H29N3O5/c1-20(2,3)28-19(25)23-7-6-22-11-13-9-16(21)15(18(24)26-4)10-17(13)27-8-5-14(22)12-23/h9-10,14H,5-8,11-12,21H2,1-4H3. The summed E-state index contributed by atoms with van der Waals surface area (Å²) in [5, 5.41) is 0. The number of esters is 1. The number of nitrogen functional groups attached to an aromatic ring is 1. The average Bonchev–Trinajstić information content (AvgIpc) is 2.60. The highest BCUT2D eigenvalue weighted by molar-refractivity contribution is 5.95. The fourth-order valence-electron chi connectivity index (χ4n) is 3.58. The Morgan fingerprint density at radius 3 is 2.68 bits per heavy atom. The zero-order valence-corrected chi connectivity index (χ0v) is 17.0. The third-order valence-corrected chi connectivity index (χ3v) is 4.98. The molecule has 1 fully saturated rings. The summed E-state index contributed by atoms with van der Waals surface area (Å²) in [6.07, 6.45) is 0.499. The number of fused-ring (bicyclic) bond motifs is 2. The van der Waals surface area contributed by atoms with Crippen LogP contribution in [0.25, 0.3) is 0 Å². The Hall–Kier alpha value is -2.48. The maximum Gasteiger partial charge on any atom is 0.410 e. The number of nitrogens with two attached hydrogens (primary N) is 1. The van der Waals surface area contributed by atoms with Crippen molar-refractivity contribution in [3.63, 3.8) is 0 Å². The van der Waals surface area contributed by atoms with E-state index in [9.17, 15) is 9.59 Å². The predicted octanol–water partition coefficient (Wildman–Crippen LogP) is 2.26. The molecule has 0 radical (unpaired) electrons. The van der Waals surface area contributed by atoms with Crippen LogP contribution in [0.4, 0.5) is 10.5 Å². The average molecular weight is 391 g/mol. The number of ether oxygens (including phenoxy) is 3. The van der Waals surface area contributed by atoms with E-state index >= 15 is 0 Å². The van der Waals surface area contributed by atoms with Gasteiger partial charge in [0, 0.05) is 43.5 Å². The molecule has 3 rings (SSSR count).